The molecule has 1 aliphatic heterocycles. The summed E-state index contributed by atoms with van der Waals surface area (Å²) < 4.78 is 5.96. The van der Waals surface area contributed by atoms with E-state index in [1.165, 1.54) is 0 Å². The molecule has 4 bridgehead atoms. The molecule has 0 saturated carbocycles. The van der Waals surface area contributed by atoms with Crippen LogP contribution in [0.2, 0.25) is 0 Å². The van der Waals surface area contributed by atoms with Gasteiger partial charge in [0.1, 0.15) is 5.75 Å². The summed E-state index contributed by atoms with van der Waals surface area (Å²) in [6.45, 7) is 3.31. The maximum absolute atomic E-state index is 12.9. The summed E-state index contributed by atoms with van der Waals surface area (Å²) in [5, 5.41) is 2.87. The number of carbonyl (C=O) groups is 1. The van der Waals surface area contributed by atoms with Crippen LogP contribution in [0.15, 0.2) is 42.9 Å². The fourth-order valence-electron chi connectivity index (χ4n) is 3.29. The van der Waals surface area contributed by atoms with Crippen molar-refractivity contribution in [1.82, 2.24) is 15.0 Å². The number of nitrogens with one attached hydrogen (secondary N) is 1. The molecule has 0 saturated heterocycles. The highest BCUT2D eigenvalue weighted by molar-refractivity contribution is 6.07. The van der Waals surface area contributed by atoms with Gasteiger partial charge in [-0.25, -0.2) is 9.97 Å². The molecule has 0 spiro atoms. The van der Waals surface area contributed by atoms with E-state index in [0.717, 1.165) is 35.5 Å². The Morgan fingerprint density at radius 3 is 2.97 bits per heavy atom. The number of anilines is 3. The lowest BCUT2D eigenvalue weighted by atomic mass is 10.1. The van der Waals surface area contributed by atoms with E-state index in [2.05, 4.69) is 20.3 Å². The van der Waals surface area contributed by atoms with Gasteiger partial charge >= 0.3 is 0 Å². The SMILES string of the molecule is Cc1cc2cc(c1)-c1cnc(N)c(n1)C(=O)Nc1cnccc1N(C)CCCO2. The van der Waals surface area contributed by atoms with Gasteiger partial charge in [0.15, 0.2) is 11.5 Å². The number of nitrogens with two attached hydrogens (primary N) is 1. The standard InChI is InChI=1S/C21H22N6O2/c1-13-8-14-10-15(9-13)29-7-3-6-27(2)18-4-5-23-11-17(18)26-21(28)19-20(22)24-12-16(14)25-19/h4-5,8-12H,3,6-7H2,1-2H3,(H2,22,24)(H,26,28). The Kier molecular flexibility index (Phi) is 4.99. The van der Waals surface area contributed by atoms with Crippen LogP contribution in [0.1, 0.15) is 22.5 Å². The molecule has 1 aliphatic rings. The number of nitrogen functional groups attached to an aromatic ring is 1. The number of carbonyl (C=O) groups excluding carboxylic acids is 1. The van der Waals surface area contributed by atoms with Gasteiger partial charge in [-0.05, 0) is 43.2 Å². The van der Waals surface area contributed by atoms with Gasteiger partial charge in [0.05, 0.1) is 36.1 Å². The molecular weight excluding hydrogens is 368 g/mol. The summed E-state index contributed by atoms with van der Waals surface area (Å²) >= 11 is 0. The van der Waals surface area contributed by atoms with Crippen molar-refractivity contribution < 1.29 is 9.53 Å². The quantitative estimate of drug-likeness (QED) is 0.608. The maximum atomic E-state index is 12.9. The number of fused-ring (bicyclic) bond motifs is 6. The Bertz CT molecular complexity index is 1070. The zero-order chi connectivity index (χ0) is 20.4. The smallest absolute Gasteiger partial charge is 0.278 e. The molecule has 3 aromatic rings. The van der Waals surface area contributed by atoms with E-state index >= 15 is 0 Å². The Morgan fingerprint density at radius 2 is 2.10 bits per heavy atom. The summed E-state index contributed by atoms with van der Waals surface area (Å²) in [5.41, 5.74) is 9.85. The van der Waals surface area contributed by atoms with E-state index in [1.54, 1.807) is 18.6 Å². The molecule has 1 aromatic carbocycles. The van der Waals surface area contributed by atoms with Gasteiger partial charge in [-0.2, -0.15) is 0 Å². The lowest BCUT2D eigenvalue weighted by Crippen LogP contribution is -2.23. The van der Waals surface area contributed by atoms with Gasteiger partial charge in [-0.1, -0.05) is 0 Å². The van der Waals surface area contributed by atoms with Gasteiger partial charge in [0, 0.05) is 25.4 Å². The summed E-state index contributed by atoms with van der Waals surface area (Å²) in [6.07, 6.45) is 5.68. The molecule has 8 heteroatoms. The van der Waals surface area contributed by atoms with E-state index in [0.29, 0.717) is 18.0 Å². The van der Waals surface area contributed by atoms with Crippen LogP contribution in [0.25, 0.3) is 11.3 Å². The molecule has 0 radical (unpaired) electrons. The maximum Gasteiger partial charge on any atom is 0.278 e. The van der Waals surface area contributed by atoms with Gasteiger partial charge < -0.3 is 20.7 Å². The van der Waals surface area contributed by atoms with Gasteiger partial charge in [0.2, 0.25) is 0 Å². The van der Waals surface area contributed by atoms with Gasteiger partial charge in [0.25, 0.3) is 5.91 Å². The molecule has 4 rings (SSSR count). The third-order valence-electron chi connectivity index (χ3n) is 4.73. The van der Waals surface area contributed by atoms with E-state index in [1.807, 2.05) is 43.1 Å². The fraction of sp³-hybridized carbons (Fsp3) is 0.238. The van der Waals surface area contributed by atoms with Crippen molar-refractivity contribution in [1.29, 1.82) is 0 Å². The second-order valence-corrected chi connectivity index (χ2v) is 6.99. The number of benzene rings is 1. The zero-order valence-corrected chi connectivity index (χ0v) is 16.3. The largest absolute Gasteiger partial charge is 0.493 e. The van der Waals surface area contributed by atoms with E-state index in [4.69, 9.17) is 10.5 Å². The van der Waals surface area contributed by atoms with Crippen molar-refractivity contribution in [2.24, 2.45) is 0 Å². The van der Waals surface area contributed by atoms with Crippen LogP contribution in [0.4, 0.5) is 17.2 Å². The number of aryl methyl sites for hydroxylation is 1. The van der Waals surface area contributed by atoms with Crippen LogP contribution in [0.3, 0.4) is 0 Å². The lowest BCUT2D eigenvalue weighted by molar-refractivity contribution is 0.102. The Labute approximate surface area is 168 Å². The Hall–Kier alpha value is -3.68. The monoisotopic (exact) mass is 390 g/mol. The number of rotatable bonds is 0. The van der Waals surface area contributed by atoms with Crippen LogP contribution in [0.5, 0.6) is 5.75 Å². The molecule has 0 fully saturated rings. The van der Waals surface area contributed by atoms with Crippen LogP contribution < -0.4 is 20.7 Å². The average Bonchev–Trinajstić information content (AvgIpc) is 2.71. The number of aromatic nitrogens is 3. The third kappa shape index (κ3) is 3.96. The minimum absolute atomic E-state index is 0.0680. The number of amides is 1. The molecule has 3 N–H and O–H groups in total. The van der Waals surface area contributed by atoms with Crippen LogP contribution in [-0.2, 0) is 0 Å². The minimum Gasteiger partial charge on any atom is -0.493 e. The molecule has 148 valence electrons. The van der Waals surface area contributed by atoms with Crippen LogP contribution in [0, 0.1) is 6.92 Å². The topological polar surface area (TPSA) is 106 Å². The minimum atomic E-state index is -0.432. The molecule has 8 nitrogen and oxygen atoms in total. The van der Waals surface area contributed by atoms with E-state index in [9.17, 15) is 4.79 Å². The fourth-order valence-corrected chi connectivity index (χ4v) is 3.29. The number of hydrogen-bond donors (Lipinski definition) is 2. The van der Waals surface area contributed by atoms with Crippen molar-refractivity contribution in [2.75, 3.05) is 36.1 Å². The molecule has 2 aromatic heterocycles. The third-order valence-corrected chi connectivity index (χ3v) is 4.73. The molecule has 0 unspecified atom stereocenters. The summed E-state index contributed by atoms with van der Waals surface area (Å²) in [5.74, 6) is 0.392. The molecule has 1 amide bonds. The van der Waals surface area contributed by atoms with Crippen molar-refractivity contribution >= 4 is 23.1 Å². The number of pyridine rings is 1. The Morgan fingerprint density at radius 1 is 1.24 bits per heavy atom. The van der Waals surface area contributed by atoms with Crippen molar-refractivity contribution in [3.05, 3.63) is 54.1 Å². The Balaban J connectivity index is 1.81. The summed E-state index contributed by atoms with van der Waals surface area (Å²) in [6, 6.07) is 7.70. The van der Waals surface area contributed by atoms with Crippen molar-refractivity contribution in [3.63, 3.8) is 0 Å². The van der Waals surface area contributed by atoms with Crippen LogP contribution in [-0.4, -0.2) is 41.1 Å². The van der Waals surface area contributed by atoms with Crippen molar-refractivity contribution in [3.8, 4) is 17.0 Å². The highest BCUT2D eigenvalue weighted by atomic mass is 16.5. The number of hydrogen-bond acceptors (Lipinski definition) is 7. The lowest BCUT2D eigenvalue weighted by Gasteiger charge is -2.22. The molecule has 3 heterocycles. The van der Waals surface area contributed by atoms with E-state index < -0.39 is 5.91 Å². The molecular formula is C21H22N6O2. The normalized spacial score (nSPS) is 14.1. The van der Waals surface area contributed by atoms with E-state index in [-0.39, 0.29) is 11.5 Å². The highest BCUT2D eigenvalue weighted by Crippen LogP contribution is 2.28. The molecule has 0 aliphatic carbocycles. The summed E-state index contributed by atoms with van der Waals surface area (Å²) in [7, 11) is 1.96. The first-order chi connectivity index (χ1) is 14.0. The molecule has 0 atom stereocenters. The van der Waals surface area contributed by atoms with Crippen molar-refractivity contribution in [2.45, 2.75) is 13.3 Å². The van der Waals surface area contributed by atoms with Gasteiger partial charge in [-0.15, -0.1) is 0 Å². The first-order valence-corrected chi connectivity index (χ1v) is 9.35. The average molecular weight is 390 g/mol. The number of nitrogens with zero attached hydrogens (tertiary/aromatic N) is 4. The van der Waals surface area contributed by atoms with Gasteiger partial charge in [-0.3, -0.25) is 9.78 Å². The molecule has 29 heavy (non-hydrogen) atoms. The second-order valence-electron chi connectivity index (χ2n) is 6.99. The summed E-state index contributed by atoms with van der Waals surface area (Å²) in [4.78, 5) is 27.8. The number of ether oxygens (including phenoxy) is 1. The first kappa shape index (κ1) is 18.7. The zero-order valence-electron chi connectivity index (χ0n) is 16.3. The predicted molar refractivity (Wildman–Crippen MR) is 112 cm³/mol. The highest BCUT2D eigenvalue weighted by Gasteiger charge is 2.18. The predicted octanol–water partition coefficient (Wildman–Crippen LogP) is 2.90. The first-order valence-electron chi connectivity index (χ1n) is 9.35. The second kappa shape index (κ2) is 7.75. The van der Waals surface area contributed by atoms with Crippen LogP contribution >= 0.6 is 0 Å².